The van der Waals surface area contributed by atoms with Gasteiger partial charge in [0.05, 0.1) is 26.9 Å². The van der Waals surface area contributed by atoms with Gasteiger partial charge in [-0.25, -0.2) is 4.79 Å². The Morgan fingerprint density at radius 1 is 1.17 bits per heavy atom. The van der Waals surface area contributed by atoms with Crippen molar-refractivity contribution in [1.29, 1.82) is 0 Å². The summed E-state index contributed by atoms with van der Waals surface area (Å²) in [5.74, 6) is 1.09. The first-order valence-electron chi connectivity index (χ1n) is 8.28. The van der Waals surface area contributed by atoms with E-state index in [9.17, 15) is 4.79 Å². The van der Waals surface area contributed by atoms with E-state index in [-0.39, 0.29) is 6.03 Å². The van der Waals surface area contributed by atoms with Crippen molar-refractivity contribution in [2.45, 2.75) is 18.6 Å². The second-order valence-electron chi connectivity index (χ2n) is 5.85. The Balaban J connectivity index is 1.34. The summed E-state index contributed by atoms with van der Waals surface area (Å²) in [6.07, 6.45) is 1.45. The summed E-state index contributed by atoms with van der Waals surface area (Å²) in [6.45, 7) is 3.46. The van der Waals surface area contributed by atoms with Crippen molar-refractivity contribution in [3.05, 3.63) is 24.3 Å². The molecule has 1 spiro atoms. The largest absolute Gasteiger partial charge is 0.497 e. The van der Waals surface area contributed by atoms with Gasteiger partial charge in [0.2, 0.25) is 0 Å². The molecule has 0 bridgehead atoms. The molecule has 0 radical (unpaired) electrons. The highest BCUT2D eigenvalue weighted by Gasteiger charge is 2.40. The highest BCUT2D eigenvalue weighted by atomic mass is 16.7. The van der Waals surface area contributed by atoms with E-state index >= 15 is 0 Å². The Bertz CT molecular complexity index is 532. The van der Waals surface area contributed by atoms with Gasteiger partial charge in [-0.05, 0) is 24.3 Å². The minimum absolute atomic E-state index is 0.0684. The molecule has 0 unspecified atom stereocenters. The van der Waals surface area contributed by atoms with Crippen LogP contribution >= 0.6 is 0 Å². The molecule has 2 heterocycles. The number of rotatable bonds is 5. The van der Waals surface area contributed by atoms with E-state index in [1.54, 1.807) is 12.0 Å². The van der Waals surface area contributed by atoms with E-state index in [1.165, 1.54) is 0 Å². The van der Waals surface area contributed by atoms with Crippen molar-refractivity contribution in [3.63, 3.8) is 0 Å². The van der Waals surface area contributed by atoms with Crippen LogP contribution in [0.15, 0.2) is 24.3 Å². The molecule has 0 aromatic heterocycles. The average Bonchev–Trinajstić information content (AvgIpc) is 3.07. The van der Waals surface area contributed by atoms with Crippen molar-refractivity contribution in [2.24, 2.45) is 0 Å². The van der Waals surface area contributed by atoms with Gasteiger partial charge < -0.3 is 29.2 Å². The first kappa shape index (κ1) is 16.9. The fourth-order valence-electron chi connectivity index (χ4n) is 2.95. The quantitative estimate of drug-likeness (QED) is 0.828. The Labute approximate surface area is 141 Å². The van der Waals surface area contributed by atoms with E-state index in [0.717, 1.165) is 24.3 Å². The zero-order chi connectivity index (χ0) is 16.8. The van der Waals surface area contributed by atoms with Crippen LogP contribution in [0.3, 0.4) is 0 Å². The zero-order valence-corrected chi connectivity index (χ0v) is 14.0. The topological polar surface area (TPSA) is 69.3 Å². The third-order valence-corrected chi connectivity index (χ3v) is 4.33. The Kier molecular flexibility index (Phi) is 5.42. The number of likely N-dealkylation sites (tertiary alicyclic amines) is 1. The van der Waals surface area contributed by atoms with Crippen molar-refractivity contribution in [3.8, 4) is 11.5 Å². The molecule has 24 heavy (non-hydrogen) atoms. The molecule has 1 aromatic rings. The molecule has 0 aliphatic carbocycles. The van der Waals surface area contributed by atoms with Crippen molar-refractivity contribution in [2.75, 3.05) is 46.6 Å². The first-order chi connectivity index (χ1) is 11.7. The van der Waals surface area contributed by atoms with Crippen LogP contribution in [0.2, 0.25) is 0 Å². The number of carbonyl (C=O) groups excluding carboxylic acids is 1. The summed E-state index contributed by atoms with van der Waals surface area (Å²) in [5.41, 5.74) is 0. The molecular formula is C17H24N2O5. The molecule has 2 amide bonds. The molecule has 0 atom stereocenters. The number of urea groups is 1. The molecule has 1 aromatic carbocycles. The van der Waals surface area contributed by atoms with Crippen LogP contribution in [0.5, 0.6) is 11.5 Å². The maximum absolute atomic E-state index is 12.2. The normalized spacial score (nSPS) is 19.3. The van der Waals surface area contributed by atoms with Gasteiger partial charge in [-0.2, -0.15) is 0 Å². The van der Waals surface area contributed by atoms with Gasteiger partial charge in [0.1, 0.15) is 18.1 Å². The smallest absolute Gasteiger partial charge is 0.317 e. The molecule has 3 rings (SSSR count). The molecule has 2 aliphatic heterocycles. The van der Waals surface area contributed by atoms with E-state index in [4.69, 9.17) is 18.9 Å². The van der Waals surface area contributed by atoms with Crippen LogP contribution < -0.4 is 14.8 Å². The summed E-state index contributed by atoms with van der Waals surface area (Å²) in [5, 5.41) is 2.88. The summed E-state index contributed by atoms with van der Waals surface area (Å²) >= 11 is 0. The minimum atomic E-state index is -0.450. The second kappa shape index (κ2) is 7.72. The van der Waals surface area contributed by atoms with Gasteiger partial charge >= 0.3 is 6.03 Å². The molecule has 2 fully saturated rings. The lowest BCUT2D eigenvalue weighted by molar-refractivity contribution is -0.181. The van der Waals surface area contributed by atoms with Crippen molar-refractivity contribution < 1.29 is 23.7 Å². The zero-order valence-electron chi connectivity index (χ0n) is 14.0. The van der Waals surface area contributed by atoms with Crippen LogP contribution in [-0.2, 0) is 9.47 Å². The number of hydrogen-bond acceptors (Lipinski definition) is 5. The number of ether oxygens (including phenoxy) is 4. The summed E-state index contributed by atoms with van der Waals surface area (Å²) in [4.78, 5) is 14.0. The van der Waals surface area contributed by atoms with E-state index < -0.39 is 5.79 Å². The highest BCUT2D eigenvalue weighted by Crippen LogP contribution is 2.31. The standard InChI is InChI=1S/C17H24N2O5/c1-21-14-2-4-15(5-3-14)22-11-8-18-16(20)19-9-6-17(7-10-19)23-12-13-24-17/h2-5H,6-13H2,1H3,(H,18,20). The van der Waals surface area contributed by atoms with Gasteiger partial charge in [-0.15, -0.1) is 0 Å². The van der Waals surface area contributed by atoms with Crippen LogP contribution in [0.1, 0.15) is 12.8 Å². The fraction of sp³-hybridized carbons (Fsp3) is 0.588. The Morgan fingerprint density at radius 2 is 1.79 bits per heavy atom. The lowest BCUT2D eigenvalue weighted by Gasteiger charge is -2.37. The molecule has 0 saturated carbocycles. The number of carbonyl (C=O) groups is 1. The minimum Gasteiger partial charge on any atom is -0.497 e. The number of nitrogens with one attached hydrogen (secondary N) is 1. The third-order valence-electron chi connectivity index (χ3n) is 4.33. The van der Waals surface area contributed by atoms with Crippen LogP contribution in [0.25, 0.3) is 0 Å². The SMILES string of the molecule is COc1ccc(OCCNC(=O)N2CCC3(CC2)OCCO3)cc1. The summed E-state index contributed by atoms with van der Waals surface area (Å²) < 4.78 is 22.0. The summed E-state index contributed by atoms with van der Waals surface area (Å²) in [6, 6.07) is 7.29. The number of methoxy groups -OCH3 is 1. The lowest BCUT2D eigenvalue weighted by Crippen LogP contribution is -2.50. The number of piperidine rings is 1. The third kappa shape index (κ3) is 4.10. The second-order valence-corrected chi connectivity index (χ2v) is 5.85. The van der Waals surface area contributed by atoms with E-state index in [0.29, 0.717) is 39.5 Å². The lowest BCUT2D eigenvalue weighted by atomic mass is 10.0. The van der Waals surface area contributed by atoms with Crippen LogP contribution in [-0.4, -0.2) is 63.3 Å². The predicted molar refractivity (Wildman–Crippen MR) is 87.3 cm³/mol. The Morgan fingerprint density at radius 3 is 2.42 bits per heavy atom. The Hall–Kier alpha value is -1.99. The number of hydrogen-bond donors (Lipinski definition) is 1. The van der Waals surface area contributed by atoms with Gasteiger partial charge in [-0.3, -0.25) is 0 Å². The molecule has 2 aliphatic rings. The van der Waals surface area contributed by atoms with Crippen molar-refractivity contribution in [1.82, 2.24) is 10.2 Å². The number of nitrogens with zero attached hydrogens (tertiary/aromatic N) is 1. The van der Waals surface area contributed by atoms with Gasteiger partial charge in [0.15, 0.2) is 5.79 Å². The number of amides is 2. The summed E-state index contributed by atoms with van der Waals surface area (Å²) in [7, 11) is 1.62. The molecule has 2 saturated heterocycles. The molecule has 7 heteroatoms. The van der Waals surface area contributed by atoms with Gasteiger partial charge in [-0.1, -0.05) is 0 Å². The first-order valence-corrected chi connectivity index (χ1v) is 8.28. The molecular weight excluding hydrogens is 312 g/mol. The van der Waals surface area contributed by atoms with E-state index in [2.05, 4.69) is 5.32 Å². The molecule has 7 nitrogen and oxygen atoms in total. The molecule has 132 valence electrons. The maximum Gasteiger partial charge on any atom is 0.317 e. The number of benzene rings is 1. The maximum atomic E-state index is 12.2. The fourth-order valence-corrected chi connectivity index (χ4v) is 2.95. The van der Waals surface area contributed by atoms with E-state index in [1.807, 2.05) is 24.3 Å². The monoisotopic (exact) mass is 336 g/mol. The van der Waals surface area contributed by atoms with Crippen molar-refractivity contribution >= 4 is 6.03 Å². The van der Waals surface area contributed by atoms with Crippen LogP contribution in [0, 0.1) is 0 Å². The highest BCUT2D eigenvalue weighted by molar-refractivity contribution is 5.74. The van der Waals surface area contributed by atoms with Gasteiger partial charge in [0, 0.05) is 25.9 Å². The molecule has 1 N–H and O–H groups in total. The predicted octanol–water partition coefficient (Wildman–Crippen LogP) is 1.62. The van der Waals surface area contributed by atoms with Gasteiger partial charge in [0.25, 0.3) is 0 Å². The average molecular weight is 336 g/mol. The van der Waals surface area contributed by atoms with Crippen LogP contribution in [0.4, 0.5) is 4.79 Å².